The van der Waals surface area contributed by atoms with Crippen LogP contribution in [0.25, 0.3) is 11.3 Å². The Morgan fingerprint density at radius 1 is 1.18 bits per heavy atom. The van der Waals surface area contributed by atoms with Crippen molar-refractivity contribution in [3.63, 3.8) is 0 Å². The van der Waals surface area contributed by atoms with Gasteiger partial charge in [0.05, 0.1) is 18.6 Å². The first-order valence-electron chi connectivity index (χ1n) is 7.11. The summed E-state index contributed by atoms with van der Waals surface area (Å²) in [7, 11) is -1.62. The highest BCUT2D eigenvalue weighted by Crippen LogP contribution is 2.23. The number of hydrogen-bond donors (Lipinski definition) is 1. The van der Waals surface area contributed by atoms with Crippen molar-refractivity contribution in [3.05, 3.63) is 48.2 Å². The SMILES string of the molecule is CCCS(=O)(=O)NCc1cccnc1-c1ccc(OC)cc1. The molecule has 118 valence electrons. The van der Waals surface area contributed by atoms with Gasteiger partial charge in [-0.15, -0.1) is 0 Å². The van der Waals surface area contributed by atoms with Crippen molar-refractivity contribution in [2.75, 3.05) is 12.9 Å². The summed E-state index contributed by atoms with van der Waals surface area (Å²) in [5, 5.41) is 0. The molecule has 0 aliphatic rings. The summed E-state index contributed by atoms with van der Waals surface area (Å²) in [6.07, 6.45) is 2.29. The van der Waals surface area contributed by atoms with Gasteiger partial charge in [0.25, 0.3) is 0 Å². The number of aromatic nitrogens is 1. The molecular formula is C16H20N2O3S. The summed E-state index contributed by atoms with van der Waals surface area (Å²) in [6.45, 7) is 2.07. The zero-order valence-corrected chi connectivity index (χ0v) is 13.6. The Kier molecular flexibility index (Phi) is 5.51. The topological polar surface area (TPSA) is 68.3 Å². The molecule has 1 aromatic heterocycles. The second kappa shape index (κ2) is 7.38. The molecule has 0 fully saturated rings. The predicted octanol–water partition coefficient (Wildman–Crippen LogP) is 2.59. The molecule has 1 aromatic carbocycles. The van der Waals surface area contributed by atoms with Gasteiger partial charge in [-0.2, -0.15) is 0 Å². The molecule has 0 aliphatic heterocycles. The summed E-state index contributed by atoms with van der Waals surface area (Å²) >= 11 is 0. The van der Waals surface area contributed by atoms with Gasteiger partial charge < -0.3 is 4.74 Å². The average Bonchev–Trinajstić information content (AvgIpc) is 2.53. The highest BCUT2D eigenvalue weighted by atomic mass is 32.2. The fourth-order valence-electron chi connectivity index (χ4n) is 2.12. The molecule has 0 saturated heterocycles. The van der Waals surface area contributed by atoms with E-state index in [9.17, 15) is 8.42 Å². The van der Waals surface area contributed by atoms with Crippen molar-refractivity contribution in [1.82, 2.24) is 9.71 Å². The molecule has 0 spiro atoms. The lowest BCUT2D eigenvalue weighted by Gasteiger charge is -2.10. The third kappa shape index (κ3) is 4.29. The van der Waals surface area contributed by atoms with E-state index in [4.69, 9.17) is 4.74 Å². The molecule has 2 rings (SSSR count). The van der Waals surface area contributed by atoms with E-state index in [-0.39, 0.29) is 12.3 Å². The molecule has 0 atom stereocenters. The maximum Gasteiger partial charge on any atom is 0.211 e. The van der Waals surface area contributed by atoms with E-state index in [1.165, 1.54) is 0 Å². The van der Waals surface area contributed by atoms with Gasteiger partial charge in [0, 0.05) is 18.3 Å². The molecule has 2 aromatic rings. The van der Waals surface area contributed by atoms with Crippen molar-refractivity contribution in [3.8, 4) is 17.0 Å². The highest BCUT2D eigenvalue weighted by Gasteiger charge is 2.11. The van der Waals surface area contributed by atoms with Crippen LogP contribution in [0.15, 0.2) is 42.6 Å². The lowest BCUT2D eigenvalue weighted by Crippen LogP contribution is -2.26. The van der Waals surface area contributed by atoms with Gasteiger partial charge in [-0.05, 0) is 42.3 Å². The number of nitrogens with zero attached hydrogens (tertiary/aromatic N) is 1. The molecule has 0 saturated carbocycles. The number of sulfonamides is 1. The van der Waals surface area contributed by atoms with Gasteiger partial charge in [0.15, 0.2) is 0 Å². The minimum atomic E-state index is -3.24. The third-order valence-electron chi connectivity index (χ3n) is 3.21. The molecule has 22 heavy (non-hydrogen) atoms. The third-order valence-corrected chi connectivity index (χ3v) is 4.74. The van der Waals surface area contributed by atoms with Crippen LogP contribution in [0.2, 0.25) is 0 Å². The molecule has 5 nitrogen and oxygen atoms in total. The first-order valence-corrected chi connectivity index (χ1v) is 8.76. The largest absolute Gasteiger partial charge is 0.497 e. The zero-order chi connectivity index (χ0) is 16.0. The molecule has 6 heteroatoms. The maximum atomic E-state index is 11.8. The Hall–Kier alpha value is -1.92. The van der Waals surface area contributed by atoms with Gasteiger partial charge in [0.2, 0.25) is 10.0 Å². The number of ether oxygens (including phenoxy) is 1. The number of nitrogens with one attached hydrogen (secondary N) is 1. The lowest BCUT2D eigenvalue weighted by molar-refractivity contribution is 0.415. The van der Waals surface area contributed by atoms with Crippen molar-refractivity contribution in [2.24, 2.45) is 0 Å². The second-order valence-electron chi connectivity index (χ2n) is 4.88. The van der Waals surface area contributed by atoms with Crippen LogP contribution in [-0.2, 0) is 16.6 Å². The van der Waals surface area contributed by atoms with Crippen LogP contribution in [0, 0.1) is 0 Å². The Morgan fingerprint density at radius 2 is 1.91 bits per heavy atom. The Labute approximate surface area is 131 Å². The van der Waals surface area contributed by atoms with Crippen LogP contribution >= 0.6 is 0 Å². The standard InChI is InChI=1S/C16H20N2O3S/c1-3-11-22(19,20)18-12-14-5-4-10-17-16(14)13-6-8-15(21-2)9-7-13/h4-10,18H,3,11-12H2,1-2H3. The molecule has 0 bridgehead atoms. The minimum Gasteiger partial charge on any atom is -0.497 e. The molecular weight excluding hydrogens is 300 g/mol. The summed E-state index contributed by atoms with van der Waals surface area (Å²) in [4.78, 5) is 4.38. The van der Waals surface area contributed by atoms with Gasteiger partial charge in [-0.3, -0.25) is 4.98 Å². The first-order chi connectivity index (χ1) is 10.6. The molecule has 0 aliphatic carbocycles. The quantitative estimate of drug-likeness (QED) is 0.851. The van der Waals surface area contributed by atoms with Crippen LogP contribution < -0.4 is 9.46 Å². The van der Waals surface area contributed by atoms with Crippen LogP contribution in [0.4, 0.5) is 0 Å². The molecule has 0 unspecified atom stereocenters. The normalized spacial score (nSPS) is 11.4. The van der Waals surface area contributed by atoms with E-state index in [2.05, 4.69) is 9.71 Å². The van der Waals surface area contributed by atoms with Gasteiger partial charge >= 0.3 is 0 Å². The molecule has 0 amide bonds. The number of methoxy groups -OCH3 is 1. The summed E-state index contributed by atoms with van der Waals surface area (Å²) < 4.78 is 31.3. The Balaban J connectivity index is 2.23. The smallest absolute Gasteiger partial charge is 0.211 e. The summed E-state index contributed by atoms with van der Waals surface area (Å²) in [6, 6.07) is 11.2. The summed E-state index contributed by atoms with van der Waals surface area (Å²) in [5.74, 6) is 0.898. The minimum absolute atomic E-state index is 0.130. The van der Waals surface area contributed by atoms with E-state index < -0.39 is 10.0 Å². The van der Waals surface area contributed by atoms with E-state index in [0.29, 0.717) is 6.42 Å². The van der Waals surface area contributed by atoms with Crippen LogP contribution in [-0.4, -0.2) is 26.3 Å². The average molecular weight is 320 g/mol. The highest BCUT2D eigenvalue weighted by molar-refractivity contribution is 7.89. The Bertz CT molecular complexity index is 712. The van der Waals surface area contributed by atoms with Crippen molar-refractivity contribution >= 4 is 10.0 Å². The number of benzene rings is 1. The van der Waals surface area contributed by atoms with Crippen LogP contribution in [0.1, 0.15) is 18.9 Å². The van der Waals surface area contributed by atoms with Crippen molar-refractivity contribution < 1.29 is 13.2 Å². The first kappa shape index (κ1) is 16.5. The fraction of sp³-hybridized carbons (Fsp3) is 0.312. The Morgan fingerprint density at radius 3 is 2.55 bits per heavy atom. The van der Waals surface area contributed by atoms with E-state index >= 15 is 0 Å². The number of rotatable bonds is 7. The van der Waals surface area contributed by atoms with E-state index in [1.54, 1.807) is 19.4 Å². The summed E-state index contributed by atoms with van der Waals surface area (Å²) in [5.41, 5.74) is 2.53. The zero-order valence-electron chi connectivity index (χ0n) is 12.7. The van der Waals surface area contributed by atoms with E-state index in [1.807, 2.05) is 37.3 Å². The van der Waals surface area contributed by atoms with Gasteiger partial charge in [-0.1, -0.05) is 13.0 Å². The monoisotopic (exact) mass is 320 g/mol. The predicted molar refractivity (Wildman–Crippen MR) is 87.1 cm³/mol. The van der Waals surface area contributed by atoms with Crippen LogP contribution in [0.5, 0.6) is 5.75 Å². The number of pyridine rings is 1. The molecule has 1 N–H and O–H groups in total. The lowest BCUT2D eigenvalue weighted by atomic mass is 10.1. The van der Waals surface area contributed by atoms with Gasteiger partial charge in [0.1, 0.15) is 5.75 Å². The van der Waals surface area contributed by atoms with Crippen molar-refractivity contribution in [2.45, 2.75) is 19.9 Å². The van der Waals surface area contributed by atoms with Crippen molar-refractivity contribution in [1.29, 1.82) is 0 Å². The number of hydrogen-bond acceptors (Lipinski definition) is 4. The molecule has 1 heterocycles. The molecule has 0 radical (unpaired) electrons. The van der Waals surface area contributed by atoms with E-state index in [0.717, 1.165) is 22.6 Å². The van der Waals surface area contributed by atoms with Gasteiger partial charge in [-0.25, -0.2) is 13.1 Å². The van der Waals surface area contributed by atoms with Crippen LogP contribution in [0.3, 0.4) is 0 Å². The maximum absolute atomic E-state index is 11.8. The second-order valence-corrected chi connectivity index (χ2v) is 6.81. The fourth-order valence-corrected chi connectivity index (χ4v) is 3.18.